The van der Waals surface area contributed by atoms with Crippen LogP contribution in [0.2, 0.25) is 0 Å². The van der Waals surface area contributed by atoms with Gasteiger partial charge in [-0.3, -0.25) is 0 Å². The molecule has 0 spiro atoms. The monoisotopic (exact) mass is 753 g/mol. The van der Waals surface area contributed by atoms with E-state index in [4.69, 9.17) is 0 Å². The second kappa shape index (κ2) is 13.2. The standard InChI is InChI=1S/C56H35NS/c1-3-16-36(17-4-1)41-27-14-29-49-50-30-15-28-42(56(50)58-55(41)49)38-32-33-44-43-22-11-12-31-51(43)57(52(44)35-38)40-21-13-20-39(34-40)54-47-25-9-7-23-45(47)53(37-18-5-2-6-19-37)46-24-8-10-26-48(46)54/h1-35H. The molecule has 0 bridgehead atoms. The molecule has 0 N–H and O–H groups in total. The van der Waals surface area contributed by atoms with Crippen LogP contribution < -0.4 is 0 Å². The fourth-order valence-electron chi connectivity index (χ4n) is 9.46. The van der Waals surface area contributed by atoms with Crippen LogP contribution in [0.4, 0.5) is 0 Å². The third-order valence-corrected chi connectivity index (χ3v) is 13.3. The van der Waals surface area contributed by atoms with Gasteiger partial charge in [0.2, 0.25) is 0 Å². The van der Waals surface area contributed by atoms with Gasteiger partial charge in [0.05, 0.1) is 11.0 Å². The van der Waals surface area contributed by atoms with Crippen LogP contribution in [0.25, 0.3) is 114 Å². The zero-order chi connectivity index (χ0) is 38.2. The highest BCUT2D eigenvalue weighted by atomic mass is 32.1. The Morgan fingerprint density at radius 2 is 0.741 bits per heavy atom. The minimum atomic E-state index is 1.15. The minimum Gasteiger partial charge on any atom is -0.309 e. The maximum Gasteiger partial charge on any atom is 0.0547 e. The van der Waals surface area contributed by atoms with Crippen molar-refractivity contribution in [2.24, 2.45) is 0 Å². The number of thiophene rings is 1. The van der Waals surface area contributed by atoms with E-state index in [1.807, 2.05) is 11.3 Å². The highest BCUT2D eigenvalue weighted by Crippen LogP contribution is 2.46. The number of hydrogen-bond acceptors (Lipinski definition) is 1. The lowest BCUT2D eigenvalue weighted by Crippen LogP contribution is -1.96. The van der Waals surface area contributed by atoms with Gasteiger partial charge in [0.25, 0.3) is 0 Å². The molecule has 1 nitrogen and oxygen atoms in total. The summed E-state index contributed by atoms with van der Waals surface area (Å²) in [6, 6.07) is 78.1. The van der Waals surface area contributed by atoms with Gasteiger partial charge in [-0.1, -0.05) is 188 Å². The maximum atomic E-state index is 2.47. The first-order chi connectivity index (χ1) is 28.8. The van der Waals surface area contributed by atoms with Crippen molar-refractivity contribution in [3.05, 3.63) is 212 Å². The largest absolute Gasteiger partial charge is 0.309 e. The Bertz CT molecular complexity index is 3500. The Hall–Kier alpha value is -7.26. The second-order valence-corrected chi connectivity index (χ2v) is 16.2. The fourth-order valence-corrected chi connectivity index (χ4v) is 10.8. The van der Waals surface area contributed by atoms with Crippen molar-refractivity contribution in [1.82, 2.24) is 4.57 Å². The number of aromatic nitrogens is 1. The summed E-state index contributed by atoms with van der Waals surface area (Å²) in [6.45, 7) is 0. The molecule has 2 heteroatoms. The first-order valence-corrected chi connectivity index (χ1v) is 20.7. The first-order valence-electron chi connectivity index (χ1n) is 19.9. The van der Waals surface area contributed by atoms with Gasteiger partial charge in [-0.15, -0.1) is 11.3 Å². The topological polar surface area (TPSA) is 4.93 Å². The first kappa shape index (κ1) is 32.9. The normalized spacial score (nSPS) is 11.8. The fraction of sp³-hybridized carbons (Fsp3) is 0. The van der Waals surface area contributed by atoms with E-state index < -0.39 is 0 Å². The molecule has 2 aromatic heterocycles. The van der Waals surface area contributed by atoms with Gasteiger partial charge in [0.15, 0.2) is 0 Å². The summed E-state index contributed by atoms with van der Waals surface area (Å²) in [5.74, 6) is 0. The minimum absolute atomic E-state index is 1.15. The highest BCUT2D eigenvalue weighted by molar-refractivity contribution is 7.26. The molecule has 0 aliphatic carbocycles. The summed E-state index contributed by atoms with van der Waals surface area (Å²) in [5.41, 5.74) is 13.6. The van der Waals surface area contributed by atoms with Crippen LogP contribution in [0.1, 0.15) is 0 Å². The number of nitrogens with zero attached hydrogens (tertiary/aromatic N) is 1. The molecule has 0 aliphatic heterocycles. The van der Waals surface area contributed by atoms with E-state index in [1.54, 1.807) is 0 Å². The predicted molar refractivity (Wildman–Crippen MR) is 250 cm³/mol. The van der Waals surface area contributed by atoms with E-state index in [2.05, 4.69) is 217 Å². The number of rotatable bonds is 5. The van der Waals surface area contributed by atoms with Gasteiger partial charge in [0.1, 0.15) is 0 Å². The van der Waals surface area contributed by atoms with Gasteiger partial charge < -0.3 is 4.57 Å². The number of hydrogen-bond donors (Lipinski definition) is 0. The Morgan fingerprint density at radius 1 is 0.276 bits per heavy atom. The molecule has 12 rings (SSSR count). The zero-order valence-corrected chi connectivity index (χ0v) is 32.4. The van der Waals surface area contributed by atoms with Crippen molar-refractivity contribution in [3.8, 4) is 50.2 Å². The van der Waals surface area contributed by atoms with Crippen molar-refractivity contribution in [2.45, 2.75) is 0 Å². The molecule has 0 atom stereocenters. The predicted octanol–water partition coefficient (Wildman–Crippen LogP) is 16.1. The molecule has 0 saturated heterocycles. The van der Waals surface area contributed by atoms with E-state index in [-0.39, 0.29) is 0 Å². The highest BCUT2D eigenvalue weighted by Gasteiger charge is 2.20. The molecule has 2 heterocycles. The molecule has 10 aromatic carbocycles. The third kappa shape index (κ3) is 5.02. The average molecular weight is 754 g/mol. The summed E-state index contributed by atoms with van der Waals surface area (Å²) in [6.07, 6.45) is 0. The van der Waals surface area contributed by atoms with Gasteiger partial charge in [0, 0.05) is 36.6 Å². The van der Waals surface area contributed by atoms with Crippen LogP contribution in [0.15, 0.2) is 212 Å². The van der Waals surface area contributed by atoms with Crippen LogP contribution in [0.5, 0.6) is 0 Å². The molecule has 0 fully saturated rings. The Kier molecular flexibility index (Phi) is 7.47. The molecule has 0 radical (unpaired) electrons. The van der Waals surface area contributed by atoms with Gasteiger partial charge in [-0.2, -0.15) is 0 Å². The van der Waals surface area contributed by atoms with Crippen molar-refractivity contribution in [1.29, 1.82) is 0 Å². The summed E-state index contributed by atoms with van der Waals surface area (Å²) < 4.78 is 5.13. The van der Waals surface area contributed by atoms with Gasteiger partial charge >= 0.3 is 0 Å². The Balaban J connectivity index is 1.08. The van der Waals surface area contributed by atoms with Gasteiger partial charge in [-0.05, 0) is 90.3 Å². The molecular formula is C56H35NS. The lowest BCUT2D eigenvalue weighted by atomic mass is 9.86. The molecule has 58 heavy (non-hydrogen) atoms. The molecule has 270 valence electrons. The lowest BCUT2D eigenvalue weighted by Gasteiger charge is -2.18. The number of benzene rings is 10. The average Bonchev–Trinajstić information content (AvgIpc) is 3.84. The van der Waals surface area contributed by atoms with Crippen molar-refractivity contribution in [2.75, 3.05) is 0 Å². The summed E-state index contributed by atoms with van der Waals surface area (Å²) in [4.78, 5) is 0. The maximum absolute atomic E-state index is 2.47. The van der Waals surface area contributed by atoms with Crippen LogP contribution in [-0.2, 0) is 0 Å². The van der Waals surface area contributed by atoms with Crippen molar-refractivity contribution < 1.29 is 0 Å². The molecule has 0 aliphatic rings. The van der Waals surface area contributed by atoms with E-state index in [0.29, 0.717) is 0 Å². The van der Waals surface area contributed by atoms with Crippen LogP contribution >= 0.6 is 11.3 Å². The summed E-state index contributed by atoms with van der Waals surface area (Å²) in [5, 5.41) is 10.2. The van der Waals surface area contributed by atoms with Crippen LogP contribution in [-0.4, -0.2) is 4.57 Å². The summed E-state index contributed by atoms with van der Waals surface area (Å²) in [7, 11) is 0. The number of para-hydroxylation sites is 1. The molecule has 0 amide bonds. The molecule has 0 saturated carbocycles. The molecule has 0 unspecified atom stereocenters. The second-order valence-electron chi connectivity index (χ2n) is 15.2. The van der Waals surface area contributed by atoms with Crippen LogP contribution in [0, 0.1) is 0 Å². The number of fused-ring (bicyclic) bond motifs is 8. The van der Waals surface area contributed by atoms with E-state index in [1.165, 1.54) is 108 Å². The third-order valence-electron chi connectivity index (χ3n) is 12.0. The van der Waals surface area contributed by atoms with E-state index in [9.17, 15) is 0 Å². The SMILES string of the molecule is c1ccc(-c2c3ccccc3c(-c3cccc(-n4c5ccccc5c5ccc(-c6cccc7c6sc6c(-c8ccccc8)cccc67)cc54)c3)c3ccccc23)cc1. The van der Waals surface area contributed by atoms with Crippen molar-refractivity contribution >= 4 is 74.9 Å². The Morgan fingerprint density at radius 3 is 1.38 bits per heavy atom. The summed E-state index contributed by atoms with van der Waals surface area (Å²) >= 11 is 1.91. The van der Waals surface area contributed by atoms with E-state index in [0.717, 1.165) is 5.69 Å². The lowest BCUT2D eigenvalue weighted by molar-refractivity contribution is 1.18. The van der Waals surface area contributed by atoms with E-state index >= 15 is 0 Å². The zero-order valence-electron chi connectivity index (χ0n) is 31.6. The molecule has 12 aromatic rings. The molecular weight excluding hydrogens is 719 g/mol. The smallest absolute Gasteiger partial charge is 0.0547 e. The van der Waals surface area contributed by atoms with Gasteiger partial charge in [-0.25, -0.2) is 0 Å². The van der Waals surface area contributed by atoms with Crippen LogP contribution in [0.3, 0.4) is 0 Å². The quantitative estimate of drug-likeness (QED) is 0.154. The van der Waals surface area contributed by atoms with Crippen molar-refractivity contribution in [3.63, 3.8) is 0 Å². The Labute approximate surface area is 340 Å².